The molecule has 2 rings (SSSR count). The molecule has 0 bridgehead atoms. The second-order valence-electron chi connectivity index (χ2n) is 5.37. The molecule has 0 aliphatic carbocycles. The van der Waals surface area contributed by atoms with E-state index in [1.807, 2.05) is 11.8 Å². The predicted molar refractivity (Wildman–Crippen MR) is 76.0 cm³/mol. The van der Waals surface area contributed by atoms with Crippen molar-refractivity contribution in [3.8, 4) is 0 Å². The molecule has 3 nitrogen and oxygen atoms in total. The molecule has 2 heterocycles. The van der Waals surface area contributed by atoms with Crippen molar-refractivity contribution in [2.45, 2.75) is 43.9 Å². The third-order valence-corrected chi connectivity index (χ3v) is 4.64. The van der Waals surface area contributed by atoms with Crippen molar-refractivity contribution in [3.05, 3.63) is 0 Å². The fourth-order valence-electron chi connectivity index (χ4n) is 2.49. The van der Waals surface area contributed by atoms with Gasteiger partial charge in [0.05, 0.1) is 6.04 Å². The van der Waals surface area contributed by atoms with E-state index < -0.39 is 0 Å². The van der Waals surface area contributed by atoms with Crippen molar-refractivity contribution in [2.75, 3.05) is 25.4 Å². The van der Waals surface area contributed by atoms with Crippen LogP contribution >= 0.6 is 24.2 Å². The van der Waals surface area contributed by atoms with Gasteiger partial charge in [-0.1, -0.05) is 6.42 Å². The van der Waals surface area contributed by atoms with Crippen LogP contribution in [0.2, 0.25) is 0 Å². The van der Waals surface area contributed by atoms with E-state index in [1.54, 1.807) is 0 Å². The normalized spacial score (nSPS) is 28.4. The van der Waals surface area contributed by atoms with Crippen molar-refractivity contribution in [1.82, 2.24) is 10.2 Å². The number of hydrogen-bond acceptors (Lipinski definition) is 3. The predicted octanol–water partition coefficient (Wildman–Crippen LogP) is 1.90. The minimum atomic E-state index is 0. The number of carbonyl (C=O) groups excluding carboxylic acids is 1. The first-order chi connectivity index (χ1) is 7.58. The third-order valence-electron chi connectivity index (χ3n) is 3.35. The Morgan fingerprint density at radius 2 is 2.18 bits per heavy atom. The first-order valence-electron chi connectivity index (χ1n) is 6.25. The van der Waals surface area contributed by atoms with Crippen LogP contribution in [0.1, 0.15) is 33.1 Å². The molecule has 0 spiro atoms. The number of carbonyl (C=O) groups is 1. The van der Waals surface area contributed by atoms with E-state index in [2.05, 4.69) is 24.1 Å². The Kier molecular flexibility index (Phi) is 5.61. The van der Waals surface area contributed by atoms with Crippen LogP contribution in [0.3, 0.4) is 0 Å². The summed E-state index contributed by atoms with van der Waals surface area (Å²) >= 11 is 1.97. The van der Waals surface area contributed by atoms with Crippen LogP contribution in [-0.2, 0) is 4.79 Å². The highest BCUT2D eigenvalue weighted by Crippen LogP contribution is 2.30. The van der Waals surface area contributed by atoms with Crippen molar-refractivity contribution in [3.63, 3.8) is 0 Å². The average Bonchev–Trinajstić information content (AvgIpc) is 2.28. The third kappa shape index (κ3) is 4.04. The van der Waals surface area contributed by atoms with Gasteiger partial charge in [-0.2, -0.15) is 11.8 Å². The molecule has 2 aliphatic rings. The maximum atomic E-state index is 12.3. The summed E-state index contributed by atoms with van der Waals surface area (Å²) in [5, 5.41) is 3.35. The highest BCUT2D eigenvalue weighted by molar-refractivity contribution is 8.00. The zero-order chi connectivity index (χ0) is 11.6. The van der Waals surface area contributed by atoms with Crippen LogP contribution < -0.4 is 5.32 Å². The fourth-order valence-corrected chi connectivity index (χ4v) is 3.60. The molecule has 5 heteroatoms. The topological polar surface area (TPSA) is 32.3 Å². The number of halogens is 1. The van der Waals surface area contributed by atoms with E-state index >= 15 is 0 Å². The Morgan fingerprint density at radius 1 is 1.41 bits per heavy atom. The lowest BCUT2D eigenvalue weighted by molar-refractivity contribution is -0.134. The van der Waals surface area contributed by atoms with Gasteiger partial charge in [-0.25, -0.2) is 0 Å². The summed E-state index contributed by atoms with van der Waals surface area (Å²) in [5.41, 5.74) is 0. The Hall–Kier alpha value is 0.0700. The number of thioether (sulfide) groups is 1. The Labute approximate surface area is 114 Å². The van der Waals surface area contributed by atoms with Crippen LogP contribution in [0, 0.1) is 0 Å². The van der Waals surface area contributed by atoms with Gasteiger partial charge in [0.25, 0.3) is 0 Å². The highest BCUT2D eigenvalue weighted by Gasteiger charge is 2.33. The van der Waals surface area contributed by atoms with Crippen LogP contribution in [0.15, 0.2) is 0 Å². The molecule has 100 valence electrons. The summed E-state index contributed by atoms with van der Waals surface area (Å²) in [7, 11) is 0. The second kappa shape index (κ2) is 6.30. The number of hydrogen-bond donors (Lipinski definition) is 1. The SMILES string of the molecule is CC1(C)CN(C(=O)[C@H]2CCCCN2)CCS1.Cl. The van der Waals surface area contributed by atoms with E-state index in [1.165, 1.54) is 12.8 Å². The summed E-state index contributed by atoms with van der Waals surface area (Å²) in [5.74, 6) is 1.40. The molecule has 2 fully saturated rings. The van der Waals surface area contributed by atoms with Crippen LogP contribution in [0.25, 0.3) is 0 Å². The molecule has 1 N–H and O–H groups in total. The number of amides is 1. The Morgan fingerprint density at radius 3 is 2.76 bits per heavy atom. The minimum absolute atomic E-state index is 0. The van der Waals surface area contributed by atoms with E-state index in [9.17, 15) is 4.79 Å². The lowest BCUT2D eigenvalue weighted by Crippen LogP contribution is -2.54. The summed E-state index contributed by atoms with van der Waals surface area (Å²) in [6.07, 6.45) is 3.42. The molecule has 1 amide bonds. The fraction of sp³-hybridized carbons (Fsp3) is 0.917. The molecule has 1 atom stereocenters. The lowest BCUT2D eigenvalue weighted by atomic mass is 10.0. The molecule has 0 radical (unpaired) electrons. The van der Waals surface area contributed by atoms with Crippen molar-refractivity contribution < 1.29 is 4.79 Å². The molecule has 0 aromatic heterocycles. The summed E-state index contributed by atoms with van der Waals surface area (Å²) < 4.78 is 0.225. The molecule has 0 saturated carbocycles. The summed E-state index contributed by atoms with van der Waals surface area (Å²) in [6, 6.07) is 0.0904. The first-order valence-corrected chi connectivity index (χ1v) is 7.23. The molecule has 2 saturated heterocycles. The van der Waals surface area contributed by atoms with E-state index in [4.69, 9.17) is 0 Å². The van der Waals surface area contributed by atoms with Crippen LogP contribution in [0.4, 0.5) is 0 Å². The quantitative estimate of drug-likeness (QED) is 0.795. The Bertz CT molecular complexity index is 267. The molecule has 2 aliphatic heterocycles. The number of nitrogens with one attached hydrogen (secondary N) is 1. The van der Waals surface area contributed by atoms with Gasteiger partial charge in [-0.3, -0.25) is 4.79 Å². The molecular formula is C12H23ClN2OS. The van der Waals surface area contributed by atoms with Gasteiger partial charge in [0, 0.05) is 23.6 Å². The zero-order valence-corrected chi connectivity index (χ0v) is 12.3. The van der Waals surface area contributed by atoms with Crippen molar-refractivity contribution in [2.24, 2.45) is 0 Å². The molecule has 0 unspecified atom stereocenters. The maximum Gasteiger partial charge on any atom is 0.239 e. The first kappa shape index (κ1) is 15.1. The maximum absolute atomic E-state index is 12.3. The summed E-state index contributed by atoms with van der Waals surface area (Å²) in [6.45, 7) is 7.28. The van der Waals surface area contributed by atoms with Gasteiger partial charge < -0.3 is 10.2 Å². The van der Waals surface area contributed by atoms with Gasteiger partial charge in [-0.05, 0) is 33.2 Å². The van der Waals surface area contributed by atoms with Crippen LogP contribution in [0.5, 0.6) is 0 Å². The van der Waals surface area contributed by atoms with E-state index in [0.29, 0.717) is 5.91 Å². The van der Waals surface area contributed by atoms with Gasteiger partial charge >= 0.3 is 0 Å². The van der Waals surface area contributed by atoms with E-state index in [0.717, 1.165) is 31.8 Å². The smallest absolute Gasteiger partial charge is 0.239 e. The van der Waals surface area contributed by atoms with Crippen LogP contribution in [-0.4, -0.2) is 47.0 Å². The number of nitrogens with zero attached hydrogens (tertiary/aromatic N) is 1. The second-order valence-corrected chi connectivity index (χ2v) is 7.17. The summed E-state index contributed by atoms with van der Waals surface area (Å²) in [4.78, 5) is 14.4. The minimum Gasteiger partial charge on any atom is -0.339 e. The van der Waals surface area contributed by atoms with Crippen molar-refractivity contribution >= 4 is 30.1 Å². The standard InChI is InChI=1S/C12H22N2OS.ClH/c1-12(2)9-14(7-8-16-12)11(15)10-5-3-4-6-13-10;/h10,13H,3-9H2,1-2H3;1H/t10-;/m1./s1. The Balaban J connectivity index is 0.00000144. The molecule has 17 heavy (non-hydrogen) atoms. The van der Waals surface area contributed by atoms with Crippen molar-refractivity contribution in [1.29, 1.82) is 0 Å². The zero-order valence-electron chi connectivity index (χ0n) is 10.7. The molecule has 0 aromatic carbocycles. The van der Waals surface area contributed by atoms with E-state index in [-0.39, 0.29) is 23.2 Å². The largest absolute Gasteiger partial charge is 0.339 e. The molecular weight excluding hydrogens is 256 g/mol. The highest BCUT2D eigenvalue weighted by atomic mass is 35.5. The average molecular weight is 279 g/mol. The van der Waals surface area contributed by atoms with Gasteiger partial charge in [-0.15, -0.1) is 12.4 Å². The molecule has 0 aromatic rings. The van der Waals surface area contributed by atoms with Gasteiger partial charge in [0.15, 0.2) is 0 Å². The van der Waals surface area contributed by atoms with Gasteiger partial charge in [0.1, 0.15) is 0 Å². The van der Waals surface area contributed by atoms with Gasteiger partial charge in [0.2, 0.25) is 5.91 Å². The number of rotatable bonds is 1. The lowest BCUT2D eigenvalue weighted by Gasteiger charge is -2.39. The monoisotopic (exact) mass is 278 g/mol. The number of piperidine rings is 1.